The summed E-state index contributed by atoms with van der Waals surface area (Å²) in [6.45, 7) is 9.77. The zero-order chi connectivity index (χ0) is 21.5. The number of carbonyl (C=O) groups is 2. The Bertz CT molecular complexity index is 830. The minimum absolute atomic E-state index is 0.0120. The quantitative estimate of drug-likeness (QED) is 0.606. The number of hydrogen-bond acceptors (Lipinski definition) is 3. The van der Waals surface area contributed by atoms with Gasteiger partial charge in [-0.05, 0) is 55.9 Å². The molecule has 2 aromatic heterocycles. The molecule has 0 N–H and O–H groups in total. The van der Waals surface area contributed by atoms with Crippen molar-refractivity contribution in [3.05, 3.63) is 47.7 Å². The molecule has 1 aliphatic rings. The molecular formula is C24H35N3O3. The van der Waals surface area contributed by atoms with Gasteiger partial charge < -0.3 is 18.8 Å². The second-order valence-corrected chi connectivity index (χ2v) is 8.66. The van der Waals surface area contributed by atoms with Crippen molar-refractivity contribution < 1.29 is 14.0 Å². The first-order valence-corrected chi connectivity index (χ1v) is 11.3. The van der Waals surface area contributed by atoms with E-state index in [9.17, 15) is 9.59 Å². The summed E-state index contributed by atoms with van der Waals surface area (Å²) in [5.41, 5.74) is 1.07. The van der Waals surface area contributed by atoms with Crippen molar-refractivity contribution in [2.45, 2.75) is 66.0 Å². The highest BCUT2D eigenvalue weighted by molar-refractivity contribution is 5.91. The van der Waals surface area contributed by atoms with E-state index in [1.165, 1.54) is 6.42 Å². The molecular weight excluding hydrogens is 378 g/mol. The van der Waals surface area contributed by atoms with Crippen LogP contribution >= 0.6 is 0 Å². The van der Waals surface area contributed by atoms with E-state index in [1.54, 1.807) is 6.07 Å². The van der Waals surface area contributed by atoms with Gasteiger partial charge in [0, 0.05) is 37.9 Å². The maximum Gasteiger partial charge on any atom is 0.289 e. The predicted molar refractivity (Wildman–Crippen MR) is 117 cm³/mol. The fourth-order valence-corrected chi connectivity index (χ4v) is 3.98. The lowest BCUT2D eigenvalue weighted by Gasteiger charge is -2.25. The maximum absolute atomic E-state index is 12.6. The van der Waals surface area contributed by atoms with Crippen LogP contribution in [-0.2, 0) is 17.9 Å². The highest BCUT2D eigenvalue weighted by Gasteiger charge is 2.21. The van der Waals surface area contributed by atoms with Crippen LogP contribution in [0.2, 0.25) is 0 Å². The summed E-state index contributed by atoms with van der Waals surface area (Å²) in [5.74, 6) is 1.71. The lowest BCUT2D eigenvalue weighted by atomic mass is 10.1. The maximum atomic E-state index is 12.6. The molecule has 0 atom stereocenters. The molecule has 0 aromatic carbocycles. The van der Waals surface area contributed by atoms with Gasteiger partial charge in [0.15, 0.2) is 5.76 Å². The van der Waals surface area contributed by atoms with E-state index in [2.05, 4.69) is 25.3 Å². The van der Waals surface area contributed by atoms with Gasteiger partial charge in [-0.25, -0.2) is 0 Å². The Morgan fingerprint density at radius 2 is 1.90 bits per heavy atom. The van der Waals surface area contributed by atoms with Gasteiger partial charge in [-0.3, -0.25) is 9.59 Å². The van der Waals surface area contributed by atoms with Crippen LogP contribution in [0.25, 0.3) is 0 Å². The number of piperidine rings is 1. The van der Waals surface area contributed by atoms with Crippen LogP contribution in [0.5, 0.6) is 0 Å². The molecule has 1 fully saturated rings. The van der Waals surface area contributed by atoms with Crippen LogP contribution in [0.3, 0.4) is 0 Å². The molecule has 1 saturated heterocycles. The molecule has 2 aromatic rings. The van der Waals surface area contributed by atoms with Crippen LogP contribution in [0.4, 0.5) is 0 Å². The first-order chi connectivity index (χ1) is 14.5. The molecule has 0 bridgehead atoms. The summed E-state index contributed by atoms with van der Waals surface area (Å²) in [5, 5.41) is 0. The summed E-state index contributed by atoms with van der Waals surface area (Å²) in [4.78, 5) is 29.1. The summed E-state index contributed by atoms with van der Waals surface area (Å²) < 4.78 is 7.98. The molecule has 0 saturated carbocycles. The van der Waals surface area contributed by atoms with Gasteiger partial charge in [-0.1, -0.05) is 20.8 Å². The number of furan rings is 1. The number of amides is 2. The molecule has 3 heterocycles. The van der Waals surface area contributed by atoms with E-state index < -0.39 is 0 Å². The largest absolute Gasteiger partial charge is 0.454 e. The van der Waals surface area contributed by atoms with E-state index in [0.717, 1.165) is 50.4 Å². The smallest absolute Gasteiger partial charge is 0.289 e. The van der Waals surface area contributed by atoms with Gasteiger partial charge in [0.2, 0.25) is 5.91 Å². The first-order valence-electron chi connectivity index (χ1n) is 11.3. The third-order valence-corrected chi connectivity index (χ3v) is 5.55. The van der Waals surface area contributed by atoms with E-state index in [1.807, 2.05) is 34.2 Å². The highest BCUT2D eigenvalue weighted by atomic mass is 16.4. The van der Waals surface area contributed by atoms with Gasteiger partial charge in [0.1, 0.15) is 5.76 Å². The Hall–Kier alpha value is -2.50. The van der Waals surface area contributed by atoms with Crippen LogP contribution < -0.4 is 0 Å². The van der Waals surface area contributed by atoms with Crippen LogP contribution in [-0.4, -0.2) is 45.8 Å². The molecule has 6 nitrogen and oxygen atoms in total. The lowest BCUT2D eigenvalue weighted by molar-refractivity contribution is -0.132. The van der Waals surface area contributed by atoms with Crippen molar-refractivity contribution in [2.24, 2.45) is 5.92 Å². The Labute approximate surface area is 179 Å². The first kappa shape index (κ1) is 22.2. The Balaban J connectivity index is 1.66. The third-order valence-electron chi connectivity index (χ3n) is 5.55. The lowest BCUT2D eigenvalue weighted by Crippen LogP contribution is -2.35. The average Bonchev–Trinajstić information content (AvgIpc) is 3.37. The molecule has 6 heteroatoms. The monoisotopic (exact) mass is 413 g/mol. The van der Waals surface area contributed by atoms with Crippen molar-refractivity contribution in [1.82, 2.24) is 14.4 Å². The predicted octanol–water partition coefficient (Wildman–Crippen LogP) is 4.54. The van der Waals surface area contributed by atoms with Crippen molar-refractivity contribution >= 4 is 11.8 Å². The molecule has 2 amide bonds. The zero-order valence-corrected chi connectivity index (χ0v) is 18.6. The topological polar surface area (TPSA) is 58.7 Å². The van der Waals surface area contributed by atoms with Crippen molar-refractivity contribution in [3.63, 3.8) is 0 Å². The minimum atomic E-state index is -0.0120. The van der Waals surface area contributed by atoms with E-state index >= 15 is 0 Å². The van der Waals surface area contributed by atoms with Crippen LogP contribution in [0.15, 0.2) is 34.9 Å². The summed E-state index contributed by atoms with van der Waals surface area (Å²) in [6.07, 6.45) is 6.83. The molecule has 30 heavy (non-hydrogen) atoms. The molecule has 0 radical (unpaired) electrons. The third kappa shape index (κ3) is 5.77. The summed E-state index contributed by atoms with van der Waals surface area (Å²) in [6, 6.07) is 7.71. The minimum Gasteiger partial charge on any atom is -0.454 e. The second kappa shape index (κ2) is 10.5. The highest BCUT2D eigenvalue weighted by Crippen LogP contribution is 2.18. The van der Waals surface area contributed by atoms with Gasteiger partial charge >= 0.3 is 0 Å². The zero-order valence-electron chi connectivity index (χ0n) is 18.6. The molecule has 0 aliphatic carbocycles. The molecule has 164 valence electrons. The molecule has 1 aliphatic heterocycles. The molecule has 3 rings (SSSR count). The summed E-state index contributed by atoms with van der Waals surface area (Å²) >= 11 is 0. The fraction of sp³-hybridized carbons (Fsp3) is 0.583. The number of carbonyl (C=O) groups excluding carboxylic acids is 2. The molecule has 0 spiro atoms. The molecule has 0 unspecified atom stereocenters. The van der Waals surface area contributed by atoms with E-state index in [4.69, 9.17) is 4.42 Å². The number of aromatic nitrogens is 1. The Morgan fingerprint density at radius 3 is 2.60 bits per heavy atom. The number of rotatable bonds is 9. The second-order valence-electron chi connectivity index (χ2n) is 8.66. The van der Waals surface area contributed by atoms with E-state index in [0.29, 0.717) is 31.2 Å². The van der Waals surface area contributed by atoms with Crippen LogP contribution in [0.1, 0.15) is 74.9 Å². The number of nitrogens with zero attached hydrogens (tertiary/aromatic N) is 3. The average molecular weight is 414 g/mol. The van der Waals surface area contributed by atoms with Gasteiger partial charge in [0.25, 0.3) is 5.91 Å². The van der Waals surface area contributed by atoms with Gasteiger partial charge in [-0.2, -0.15) is 0 Å². The van der Waals surface area contributed by atoms with Crippen molar-refractivity contribution in [2.75, 3.05) is 19.6 Å². The number of likely N-dealkylation sites (tertiary alicyclic amines) is 1. The van der Waals surface area contributed by atoms with Crippen LogP contribution in [0, 0.1) is 5.92 Å². The summed E-state index contributed by atoms with van der Waals surface area (Å²) in [7, 11) is 0. The van der Waals surface area contributed by atoms with E-state index in [-0.39, 0.29) is 11.8 Å². The van der Waals surface area contributed by atoms with Gasteiger partial charge in [0.05, 0.1) is 13.1 Å². The standard InChI is InChI=1S/C24H35N3O3/c1-4-12-27(23(28)16-19(2)3)17-20-9-8-15-26(20)18-21-10-11-22(30-21)24(29)25-13-6-5-7-14-25/h8-11,15,19H,4-7,12-14,16-18H2,1-3H3. The van der Waals surface area contributed by atoms with Crippen molar-refractivity contribution in [3.8, 4) is 0 Å². The fourth-order valence-electron chi connectivity index (χ4n) is 3.98. The Morgan fingerprint density at radius 1 is 1.13 bits per heavy atom. The SMILES string of the molecule is CCCN(Cc1cccn1Cc1ccc(C(=O)N2CCCCC2)o1)C(=O)CC(C)C. The number of hydrogen-bond donors (Lipinski definition) is 0. The van der Waals surface area contributed by atoms with Crippen molar-refractivity contribution in [1.29, 1.82) is 0 Å². The normalized spacial score (nSPS) is 14.3. The van der Waals surface area contributed by atoms with Gasteiger partial charge in [-0.15, -0.1) is 0 Å². The Kier molecular flexibility index (Phi) is 7.77.